The molecule has 0 aliphatic carbocycles. The van der Waals surface area contributed by atoms with Gasteiger partial charge in [0.2, 0.25) is 0 Å². The molecule has 6 nitrogen and oxygen atoms in total. The fourth-order valence-corrected chi connectivity index (χ4v) is 0.688. The Labute approximate surface area is 74.1 Å². The van der Waals surface area contributed by atoms with Gasteiger partial charge in [0.15, 0.2) is 6.10 Å². The smallest absolute Gasteiger partial charge is 0.345 e. The maximum atomic E-state index is 10.4. The first-order chi connectivity index (χ1) is 5.93. The maximum absolute atomic E-state index is 10.4. The molecule has 6 heteroatoms. The molecule has 74 valence electrons. The Morgan fingerprint density at radius 3 is 2.15 bits per heavy atom. The van der Waals surface area contributed by atoms with Gasteiger partial charge in [-0.15, -0.1) is 0 Å². The normalized spacial score (nSPS) is 11.8. The minimum Gasteiger partial charge on any atom is -0.481 e. The van der Waals surface area contributed by atoms with Crippen molar-refractivity contribution in [1.29, 1.82) is 0 Å². The van der Waals surface area contributed by atoms with Crippen LogP contribution in [-0.2, 0) is 19.1 Å². The summed E-state index contributed by atoms with van der Waals surface area (Å²) in [4.78, 5) is 30.8. The van der Waals surface area contributed by atoms with E-state index in [0.717, 1.165) is 6.92 Å². The Hall–Kier alpha value is -1.59. The second kappa shape index (κ2) is 5.13. The highest BCUT2D eigenvalue weighted by Crippen LogP contribution is 2.03. The van der Waals surface area contributed by atoms with Gasteiger partial charge in [0, 0.05) is 19.8 Å². The van der Waals surface area contributed by atoms with E-state index in [1.165, 1.54) is 0 Å². The van der Waals surface area contributed by atoms with Gasteiger partial charge in [-0.05, 0) is 0 Å². The zero-order chi connectivity index (χ0) is 10.4. The van der Waals surface area contributed by atoms with E-state index < -0.39 is 24.0 Å². The molecule has 0 aromatic carbocycles. The van der Waals surface area contributed by atoms with Crippen LogP contribution >= 0.6 is 0 Å². The summed E-state index contributed by atoms with van der Waals surface area (Å²) in [6, 6.07) is 0. The summed E-state index contributed by atoms with van der Waals surface area (Å²) >= 11 is 0. The van der Waals surface area contributed by atoms with Gasteiger partial charge >= 0.3 is 17.9 Å². The van der Waals surface area contributed by atoms with Crippen molar-refractivity contribution in [2.24, 2.45) is 0 Å². The van der Waals surface area contributed by atoms with Gasteiger partial charge in [0.25, 0.3) is 0 Å². The number of carboxylic acid groups (broad SMARTS) is 2. The van der Waals surface area contributed by atoms with Crippen molar-refractivity contribution in [3.8, 4) is 0 Å². The lowest BCUT2D eigenvalue weighted by atomic mass is 10.2. The van der Waals surface area contributed by atoms with E-state index in [4.69, 9.17) is 10.2 Å². The molecule has 0 bridgehead atoms. The van der Waals surface area contributed by atoms with Gasteiger partial charge in [0.1, 0.15) is 0 Å². The number of carboxylic acids is 2. The van der Waals surface area contributed by atoms with Crippen LogP contribution in [-0.4, -0.2) is 34.2 Å². The highest BCUT2D eigenvalue weighted by atomic mass is 16.6. The quantitative estimate of drug-likeness (QED) is 0.585. The van der Waals surface area contributed by atoms with Gasteiger partial charge in [0.05, 0.1) is 0 Å². The lowest BCUT2D eigenvalue weighted by Crippen LogP contribution is -2.26. The van der Waals surface area contributed by atoms with Crippen molar-refractivity contribution < 1.29 is 29.3 Å². The molecule has 0 unspecified atom stereocenters. The maximum Gasteiger partial charge on any atom is 0.345 e. The van der Waals surface area contributed by atoms with E-state index >= 15 is 0 Å². The Morgan fingerprint density at radius 1 is 1.31 bits per heavy atom. The molecule has 0 fully saturated rings. The van der Waals surface area contributed by atoms with Crippen molar-refractivity contribution >= 4 is 17.9 Å². The minimum absolute atomic E-state index is 0.218. The third-order valence-electron chi connectivity index (χ3n) is 1.20. The van der Waals surface area contributed by atoms with E-state index in [9.17, 15) is 14.4 Å². The molecule has 0 aliphatic rings. The summed E-state index contributed by atoms with van der Waals surface area (Å²) in [5.41, 5.74) is 0. The van der Waals surface area contributed by atoms with Crippen LogP contribution in [0.2, 0.25) is 0 Å². The largest absolute Gasteiger partial charge is 0.481 e. The van der Waals surface area contributed by atoms with Crippen molar-refractivity contribution in [2.45, 2.75) is 25.9 Å². The third-order valence-corrected chi connectivity index (χ3v) is 1.20. The van der Waals surface area contributed by atoms with Crippen LogP contribution in [0.1, 0.15) is 19.8 Å². The molecule has 1 atom stereocenters. The molecular weight excluding hydrogens is 180 g/mol. The Morgan fingerprint density at radius 2 is 1.85 bits per heavy atom. The average molecular weight is 190 g/mol. The second-order valence-electron chi connectivity index (χ2n) is 2.37. The van der Waals surface area contributed by atoms with Crippen LogP contribution < -0.4 is 0 Å². The van der Waals surface area contributed by atoms with Crippen molar-refractivity contribution in [1.82, 2.24) is 0 Å². The minimum atomic E-state index is -1.37. The van der Waals surface area contributed by atoms with Crippen molar-refractivity contribution in [3.05, 3.63) is 0 Å². The van der Waals surface area contributed by atoms with E-state index in [1.54, 1.807) is 0 Å². The molecular formula is C7H10O6. The predicted octanol–water partition coefficient (Wildman–Crippen LogP) is -0.132. The van der Waals surface area contributed by atoms with Crippen LogP contribution in [0.25, 0.3) is 0 Å². The SMILES string of the molecule is CC(=O)O[C@H](CCC(=O)O)C(=O)O. The van der Waals surface area contributed by atoms with Gasteiger partial charge in [-0.1, -0.05) is 0 Å². The molecule has 0 saturated heterocycles. The zero-order valence-corrected chi connectivity index (χ0v) is 7.02. The van der Waals surface area contributed by atoms with E-state index in [-0.39, 0.29) is 12.8 Å². The van der Waals surface area contributed by atoms with Crippen molar-refractivity contribution in [2.75, 3.05) is 0 Å². The fourth-order valence-electron chi connectivity index (χ4n) is 0.688. The van der Waals surface area contributed by atoms with Crippen LogP contribution in [0.5, 0.6) is 0 Å². The average Bonchev–Trinajstić information content (AvgIpc) is 1.96. The number of hydrogen-bond donors (Lipinski definition) is 2. The summed E-state index contributed by atoms with van der Waals surface area (Å²) in [5, 5.41) is 16.7. The standard InChI is InChI=1S/C7H10O6/c1-4(8)13-5(7(11)12)2-3-6(9)10/h5H,2-3H2,1H3,(H,9,10)(H,11,12)/t5-/m1/s1. The Balaban J connectivity index is 4.02. The molecule has 0 aliphatic heterocycles. The number of carbonyl (C=O) groups is 3. The first-order valence-corrected chi connectivity index (χ1v) is 3.55. The van der Waals surface area contributed by atoms with Crippen LogP contribution in [0.4, 0.5) is 0 Å². The van der Waals surface area contributed by atoms with Gasteiger partial charge in [-0.25, -0.2) is 4.79 Å². The summed E-state index contributed by atoms with van der Waals surface area (Å²) in [6.45, 7) is 1.07. The third kappa shape index (κ3) is 5.66. The Bertz CT molecular complexity index is 221. The lowest BCUT2D eigenvalue weighted by Gasteiger charge is -2.10. The van der Waals surface area contributed by atoms with Gasteiger partial charge in [-0.2, -0.15) is 0 Å². The zero-order valence-electron chi connectivity index (χ0n) is 7.02. The molecule has 0 amide bonds. The lowest BCUT2D eigenvalue weighted by molar-refractivity contribution is -0.163. The van der Waals surface area contributed by atoms with Gasteiger partial charge < -0.3 is 14.9 Å². The van der Waals surface area contributed by atoms with Crippen LogP contribution in [0.15, 0.2) is 0 Å². The molecule has 0 aromatic rings. The number of aliphatic carboxylic acids is 2. The molecule has 0 aromatic heterocycles. The van der Waals surface area contributed by atoms with Gasteiger partial charge in [-0.3, -0.25) is 9.59 Å². The summed E-state index contributed by atoms with van der Waals surface area (Å²) in [6.07, 6.45) is -1.93. The molecule has 0 radical (unpaired) electrons. The number of esters is 1. The fraction of sp³-hybridized carbons (Fsp3) is 0.571. The molecule has 0 saturated carbocycles. The molecule has 0 heterocycles. The highest BCUT2D eigenvalue weighted by molar-refractivity contribution is 5.77. The topological polar surface area (TPSA) is 101 Å². The van der Waals surface area contributed by atoms with Crippen LogP contribution in [0.3, 0.4) is 0 Å². The highest BCUT2D eigenvalue weighted by Gasteiger charge is 2.21. The number of hydrogen-bond acceptors (Lipinski definition) is 4. The molecule has 0 spiro atoms. The second-order valence-corrected chi connectivity index (χ2v) is 2.37. The predicted molar refractivity (Wildman–Crippen MR) is 40.1 cm³/mol. The molecule has 13 heavy (non-hydrogen) atoms. The van der Waals surface area contributed by atoms with E-state index in [2.05, 4.69) is 4.74 Å². The first-order valence-electron chi connectivity index (χ1n) is 3.55. The van der Waals surface area contributed by atoms with Crippen LogP contribution in [0, 0.1) is 0 Å². The van der Waals surface area contributed by atoms with E-state index in [1.807, 2.05) is 0 Å². The molecule has 0 rings (SSSR count). The first kappa shape index (κ1) is 11.4. The number of carbonyl (C=O) groups excluding carboxylic acids is 1. The summed E-state index contributed by atoms with van der Waals surface area (Å²) in [7, 11) is 0. The summed E-state index contributed by atoms with van der Waals surface area (Å²) in [5.74, 6) is -3.20. The van der Waals surface area contributed by atoms with Crippen molar-refractivity contribution in [3.63, 3.8) is 0 Å². The Kier molecular flexibility index (Phi) is 4.50. The number of rotatable bonds is 5. The summed E-state index contributed by atoms with van der Waals surface area (Å²) < 4.78 is 4.36. The van der Waals surface area contributed by atoms with E-state index in [0.29, 0.717) is 0 Å². The molecule has 2 N–H and O–H groups in total. The number of ether oxygens (including phenoxy) is 1. The monoisotopic (exact) mass is 190 g/mol.